The molecule has 0 fully saturated rings. The quantitative estimate of drug-likeness (QED) is 0.822. The SMILES string of the molecule is [2H]C([2H])(C#C)NC1([2H])CCc2ccccc21.[2H]C([2H])(C#C)N[C@]1([2H])CCc2ccccc21. The maximum Gasteiger partial charge on any atom is 0.0578 e. The lowest BCUT2D eigenvalue weighted by molar-refractivity contribution is 0.568. The van der Waals surface area contributed by atoms with E-state index in [1.165, 1.54) is 0 Å². The van der Waals surface area contributed by atoms with E-state index in [4.69, 9.17) is 21.1 Å². The summed E-state index contributed by atoms with van der Waals surface area (Å²) in [4.78, 5) is 0. The number of terminal acetylenes is 2. The third-order valence-corrected chi connectivity index (χ3v) is 4.54. The molecule has 0 aliphatic heterocycles. The molecule has 2 aliphatic rings. The summed E-state index contributed by atoms with van der Waals surface area (Å²) in [5, 5.41) is 5.20. The van der Waals surface area contributed by atoms with E-state index in [1.54, 1.807) is 0 Å². The Balaban J connectivity index is 0.000000181. The average molecular weight is 349 g/mol. The topological polar surface area (TPSA) is 24.1 Å². The third kappa shape index (κ3) is 4.36. The molecular weight excluding hydrogens is 316 g/mol. The minimum Gasteiger partial charge on any atom is -0.299 e. The van der Waals surface area contributed by atoms with Gasteiger partial charge in [0.1, 0.15) is 0 Å². The zero-order valence-corrected chi connectivity index (χ0v) is 14.6. The van der Waals surface area contributed by atoms with E-state index in [-0.39, 0.29) is 0 Å². The Bertz CT molecular complexity index is 985. The second kappa shape index (κ2) is 9.25. The highest BCUT2D eigenvalue weighted by Gasteiger charge is 2.21. The number of aryl methyl sites for hydroxylation is 2. The Labute approximate surface area is 165 Å². The van der Waals surface area contributed by atoms with E-state index in [0.29, 0.717) is 12.8 Å². The fraction of sp³-hybridized carbons (Fsp3) is 0.333. The summed E-state index contributed by atoms with van der Waals surface area (Å²) in [6.07, 6.45) is 12.9. The predicted octanol–water partition coefficient (Wildman–Crippen LogP) is 3.79. The minimum absolute atomic E-state index is 0.549. The van der Waals surface area contributed by atoms with Crippen LogP contribution >= 0.6 is 0 Å². The van der Waals surface area contributed by atoms with Gasteiger partial charge in [-0.2, -0.15) is 0 Å². The molecule has 2 aliphatic carbocycles. The first-order valence-electron chi connectivity index (χ1n) is 11.6. The molecule has 2 aromatic carbocycles. The van der Waals surface area contributed by atoms with Gasteiger partial charge in [-0.15, -0.1) is 12.8 Å². The summed E-state index contributed by atoms with van der Waals surface area (Å²) in [6.45, 7) is -3.89. The number of nitrogens with one attached hydrogen (secondary N) is 2. The summed E-state index contributed by atoms with van der Waals surface area (Å²) in [5.74, 6) is 4.05. The molecule has 2 aromatic rings. The zero-order chi connectivity index (χ0) is 23.6. The standard InChI is InChI=1S/2C12H13N/c2*1-2-9-13-12-8-7-10-5-3-4-6-11(10)12/h2*1,3-6,12-13H,7-9H2/t12-;/m1./s1/i2*9D2,12D. The Kier molecular flexibility index (Phi) is 4.26. The van der Waals surface area contributed by atoms with E-state index < -0.39 is 25.0 Å². The molecule has 0 bridgehead atoms. The van der Waals surface area contributed by atoms with Crippen molar-refractivity contribution in [2.45, 2.75) is 37.7 Å². The molecule has 0 spiro atoms. The van der Waals surface area contributed by atoms with Gasteiger partial charge in [0.05, 0.1) is 21.2 Å². The number of hydrogen-bond acceptors (Lipinski definition) is 2. The molecule has 0 amide bonds. The van der Waals surface area contributed by atoms with Crippen LogP contribution in [-0.2, 0) is 12.8 Å². The monoisotopic (exact) mass is 348 g/mol. The van der Waals surface area contributed by atoms with Crippen molar-refractivity contribution in [3.63, 3.8) is 0 Å². The molecule has 132 valence electrons. The molecule has 0 saturated heterocycles. The second-order valence-corrected chi connectivity index (χ2v) is 6.06. The normalized spacial score (nSPS) is 29.6. The van der Waals surface area contributed by atoms with Crippen molar-refractivity contribution >= 4 is 0 Å². The lowest BCUT2D eigenvalue weighted by atomic mass is 10.1. The molecule has 2 nitrogen and oxygen atoms in total. The Morgan fingerprint density at radius 3 is 1.69 bits per heavy atom. The molecular formula is C24H26N2. The molecule has 2 N–H and O–H groups in total. The van der Waals surface area contributed by atoms with Gasteiger partial charge in [-0.25, -0.2) is 0 Å². The van der Waals surface area contributed by atoms with Crippen LogP contribution in [0, 0.1) is 24.7 Å². The van der Waals surface area contributed by atoms with E-state index in [9.17, 15) is 0 Å². The maximum absolute atomic E-state index is 8.27. The van der Waals surface area contributed by atoms with Crippen LogP contribution in [0.4, 0.5) is 0 Å². The number of benzene rings is 2. The van der Waals surface area contributed by atoms with E-state index in [2.05, 4.69) is 10.6 Å². The second-order valence-electron chi connectivity index (χ2n) is 6.06. The summed E-state index contributed by atoms with van der Waals surface area (Å²) in [7, 11) is 0. The molecule has 2 heteroatoms. The van der Waals surface area contributed by atoms with E-state index >= 15 is 0 Å². The van der Waals surface area contributed by atoms with Crippen LogP contribution in [-0.4, -0.2) is 13.0 Å². The number of fused-ring (bicyclic) bond motifs is 2. The van der Waals surface area contributed by atoms with Crippen molar-refractivity contribution in [1.29, 1.82) is 0 Å². The smallest absolute Gasteiger partial charge is 0.0578 e. The van der Waals surface area contributed by atoms with Gasteiger partial charge in [-0.05, 0) is 47.9 Å². The van der Waals surface area contributed by atoms with Gasteiger partial charge in [0.25, 0.3) is 0 Å². The first-order chi connectivity index (χ1) is 14.9. The molecule has 0 aromatic heterocycles. The zero-order valence-electron chi connectivity index (χ0n) is 20.6. The van der Waals surface area contributed by atoms with Crippen molar-refractivity contribution in [3.05, 3.63) is 70.8 Å². The van der Waals surface area contributed by atoms with Crippen LogP contribution in [0.5, 0.6) is 0 Å². The van der Waals surface area contributed by atoms with Crippen LogP contribution in [0.2, 0.25) is 0 Å². The first kappa shape index (κ1) is 12.0. The van der Waals surface area contributed by atoms with Crippen molar-refractivity contribution < 1.29 is 8.22 Å². The van der Waals surface area contributed by atoms with Crippen LogP contribution in [0.1, 0.15) is 55.4 Å². The summed E-state index contributed by atoms with van der Waals surface area (Å²) >= 11 is 0. The Morgan fingerprint density at radius 1 is 0.846 bits per heavy atom. The third-order valence-electron chi connectivity index (χ3n) is 4.54. The van der Waals surface area contributed by atoms with Crippen molar-refractivity contribution in [1.82, 2.24) is 10.6 Å². The van der Waals surface area contributed by atoms with Gasteiger partial charge in [-0.3, -0.25) is 10.6 Å². The first-order valence-corrected chi connectivity index (χ1v) is 8.65. The van der Waals surface area contributed by atoms with Gasteiger partial charge in [0, 0.05) is 12.0 Å². The number of rotatable bonds is 4. The van der Waals surface area contributed by atoms with Gasteiger partial charge >= 0.3 is 0 Å². The van der Waals surface area contributed by atoms with Crippen molar-refractivity contribution in [2.75, 3.05) is 13.0 Å². The Morgan fingerprint density at radius 2 is 1.27 bits per heavy atom. The van der Waals surface area contributed by atoms with Gasteiger partial charge in [-0.1, -0.05) is 60.4 Å². The van der Waals surface area contributed by atoms with Crippen LogP contribution in [0.3, 0.4) is 0 Å². The van der Waals surface area contributed by atoms with E-state index in [1.807, 2.05) is 60.4 Å². The highest BCUT2D eigenvalue weighted by Crippen LogP contribution is 2.31. The lowest BCUT2D eigenvalue weighted by Gasteiger charge is -2.10. The molecule has 4 rings (SSSR count). The molecule has 26 heavy (non-hydrogen) atoms. The van der Waals surface area contributed by atoms with Crippen LogP contribution < -0.4 is 10.6 Å². The fourth-order valence-electron chi connectivity index (χ4n) is 3.34. The molecule has 2 atom stereocenters. The van der Waals surface area contributed by atoms with Gasteiger partial charge < -0.3 is 0 Å². The summed E-state index contributed by atoms with van der Waals surface area (Å²) in [6, 6.07) is 13.0. The highest BCUT2D eigenvalue weighted by atomic mass is 14.9. The highest BCUT2D eigenvalue weighted by molar-refractivity contribution is 5.35. The minimum atomic E-state index is -1.95. The largest absolute Gasteiger partial charge is 0.299 e. The van der Waals surface area contributed by atoms with Crippen LogP contribution in [0.25, 0.3) is 0 Å². The predicted molar refractivity (Wildman–Crippen MR) is 109 cm³/mol. The molecule has 0 saturated carbocycles. The van der Waals surface area contributed by atoms with E-state index in [0.717, 1.165) is 35.1 Å². The van der Waals surface area contributed by atoms with Crippen molar-refractivity contribution in [2.24, 2.45) is 0 Å². The fourth-order valence-corrected chi connectivity index (χ4v) is 3.34. The summed E-state index contributed by atoms with van der Waals surface area (Å²) < 4.78 is 46.6. The maximum atomic E-state index is 8.27. The average Bonchev–Trinajstić information content (AvgIpc) is 3.26. The van der Waals surface area contributed by atoms with Crippen LogP contribution in [0.15, 0.2) is 48.5 Å². The Hall–Kier alpha value is -2.52. The number of hydrogen-bond donors (Lipinski definition) is 2. The van der Waals surface area contributed by atoms with Gasteiger partial charge in [0.2, 0.25) is 0 Å². The molecule has 0 radical (unpaired) electrons. The van der Waals surface area contributed by atoms with Crippen molar-refractivity contribution in [3.8, 4) is 24.7 Å². The van der Waals surface area contributed by atoms with Gasteiger partial charge in [0.15, 0.2) is 0 Å². The molecule has 0 heterocycles. The summed E-state index contributed by atoms with van der Waals surface area (Å²) in [5.41, 5.74) is 3.85. The molecule has 1 unspecified atom stereocenters. The lowest BCUT2D eigenvalue weighted by Crippen LogP contribution is -2.19.